The molecule has 0 unspecified atom stereocenters. The average molecular weight is 360 g/mol. The van der Waals surface area contributed by atoms with Crippen LogP contribution in [-0.4, -0.2) is 29.2 Å². The number of hydrogen-bond acceptors (Lipinski definition) is 4. The van der Waals surface area contributed by atoms with Crippen LogP contribution in [-0.2, 0) is 0 Å². The number of nitrogens with one attached hydrogen (secondary N) is 3. The molecule has 1 aromatic carbocycles. The van der Waals surface area contributed by atoms with Crippen molar-refractivity contribution in [2.45, 2.75) is 20.8 Å². The van der Waals surface area contributed by atoms with Crippen LogP contribution in [0.4, 0.5) is 17.2 Å². The highest BCUT2D eigenvalue weighted by molar-refractivity contribution is 5.85. The van der Waals surface area contributed by atoms with E-state index >= 15 is 0 Å². The summed E-state index contributed by atoms with van der Waals surface area (Å²) in [5, 5.41) is 10.1. The molecular formula is C19H20N8. The van der Waals surface area contributed by atoms with Crippen molar-refractivity contribution in [2.75, 3.05) is 11.1 Å². The van der Waals surface area contributed by atoms with Crippen molar-refractivity contribution in [3.63, 3.8) is 0 Å². The molecule has 0 saturated carbocycles. The van der Waals surface area contributed by atoms with Crippen LogP contribution in [0.25, 0.3) is 22.6 Å². The van der Waals surface area contributed by atoms with Crippen LogP contribution in [0.2, 0.25) is 0 Å². The Morgan fingerprint density at radius 1 is 0.926 bits per heavy atom. The standard InChI is InChI=1S/C19H20N8/c1-10-15(23-16-11(2)25-27-17(20)12(3)21-19(16)27)18-22-14(9-26(18)24-10)13-7-5-4-6-8-13/h4-9,23-25H,20H2,1-3H3. The molecule has 5 N–H and O–H groups in total. The molecule has 4 aromatic heterocycles. The van der Waals surface area contributed by atoms with Crippen LogP contribution in [0, 0.1) is 20.8 Å². The Labute approximate surface area is 155 Å². The van der Waals surface area contributed by atoms with E-state index in [0.29, 0.717) is 5.82 Å². The number of nitrogens with two attached hydrogens (primary N) is 1. The SMILES string of the molecule is Cc1nc2c(Nc3c(C)[nH]n4cc(-c5ccccc5)nc34)c(C)[nH]n2c1N. The van der Waals surface area contributed by atoms with Crippen LogP contribution in [0.3, 0.4) is 0 Å². The number of aryl methyl sites for hydroxylation is 3. The number of aromatic amines is 2. The molecule has 0 radical (unpaired) electrons. The van der Waals surface area contributed by atoms with Gasteiger partial charge in [-0.15, -0.1) is 0 Å². The van der Waals surface area contributed by atoms with Gasteiger partial charge in [0.25, 0.3) is 0 Å². The molecule has 0 aliphatic rings. The Kier molecular flexibility index (Phi) is 3.12. The van der Waals surface area contributed by atoms with E-state index in [9.17, 15) is 0 Å². The second kappa shape index (κ2) is 5.41. The second-order valence-electron chi connectivity index (χ2n) is 6.78. The van der Waals surface area contributed by atoms with Crippen LogP contribution < -0.4 is 11.1 Å². The van der Waals surface area contributed by atoms with Gasteiger partial charge in [-0.05, 0) is 20.8 Å². The molecule has 5 rings (SSSR count). The van der Waals surface area contributed by atoms with E-state index in [4.69, 9.17) is 10.7 Å². The van der Waals surface area contributed by atoms with Crippen molar-refractivity contribution >= 4 is 28.5 Å². The first-order valence-corrected chi connectivity index (χ1v) is 8.76. The molecule has 8 heteroatoms. The Balaban J connectivity index is 1.63. The van der Waals surface area contributed by atoms with Gasteiger partial charge in [-0.2, -0.15) is 0 Å². The van der Waals surface area contributed by atoms with Gasteiger partial charge in [-0.1, -0.05) is 30.3 Å². The molecule has 0 atom stereocenters. The summed E-state index contributed by atoms with van der Waals surface area (Å²) in [7, 11) is 0. The lowest BCUT2D eigenvalue weighted by atomic mass is 10.2. The van der Waals surface area contributed by atoms with Crippen molar-refractivity contribution < 1.29 is 0 Å². The number of imidazole rings is 2. The highest BCUT2D eigenvalue weighted by Gasteiger charge is 2.19. The molecular weight excluding hydrogens is 340 g/mol. The highest BCUT2D eigenvalue weighted by atomic mass is 15.3. The monoisotopic (exact) mass is 360 g/mol. The molecule has 0 aliphatic carbocycles. The summed E-state index contributed by atoms with van der Waals surface area (Å²) in [6.07, 6.45) is 2.00. The number of nitrogens with zero attached hydrogens (tertiary/aromatic N) is 4. The number of fused-ring (bicyclic) bond motifs is 2. The highest BCUT2D eigenvalue weighted by Crippen LogP contribution is 2.32. The number of anilines is 3. The summed E-state index contributed by atoms with van der Waals surface area (Å²) < 4.78 is 3.73. The fourth-order valence-corrected chi connectivity index (χ4v) is 3.43. The third-order valence-corrected chi connectivity index (χ3v) is 4.89. The van der Waals surface area contributed by atoms with Gasteiger partial charge in [0.15, 0.2) is 11.3 Å². The number of nitrogen functional groups attached to an aromatic ring is 1. The minimum Gasteiger partial charge on any atom is -0.382 e. The van der Waals surface area contributed by atoms with Crippen molar-refractivity contribution in [1.82, 2.24) is 29.2 Å². The molecule has 5 aromatic rings. The smallest absolute Gasteiger partial charge is 0.179 e. The first kappa shape index (κ1) is 15.6. The van der Waals surface area contributed by atoms with E-state index in [1.165, 1.54) is 0 Å². The maximum absolute atomic E-state index is 6.10. The molecule has 0 spiro atoms. The van der Waals surface area contributed by atoms with Gasteiger partial charge < -0.3 is 11.1 Å². The molecule has 0 bridgehead atoms. The van der Waals surface area contributed by atoms with E-state index < -0.39 is 0 Å². The maximum Gasteiger partial charge on any atom is 0.179 e. The summed E-state index contributed by atoms with van der Waals surface area (Å²) >= 11 is 0. The lowest BCUT2D eigenvalue weighted by molar-refractivity contribution is 0.945. The first-order valence-electron chi connectivity index (χ1n) is 8.76. The van der Waals surface area contributed by atoms with Crippen LogP contribution in [0.15, 0.2) is 36.5 Å². The predicted molar refractivity (Wildman–Crippen MR) is 106 cm³/mol. The molecule has 136 valence electrons. The topological polar surface area (TPSA) is 104 Å². The Hall–Kier alpha value is -3.68. The Bertz CT molecular complexity index is 1280. The maximum atomic E-state index is 6.10. The van der Waals surface area contributed by atoms with Crippen molar-refractivity contribution in [3.8, 4) is 11.3 Å². The predicted octanol–water partition coefficient (Wildman–Crippen LogP) is 3.56. The number of aromatic nitrogens is 6. The molecule has 0 amide bonds. The summed E-state index contributed by atoms with van der Waals surface area (Å²) in [5.41, 5.74) is 14.3. The van der Waals surface area contributed by atoms with Crippen LogP contribution in [0.5, 0.6) is 0 Å². The third-order valence-electron chi connectivity index (χ3n) is 4.89. The summed E-state index contributed by atoms with van der Waals surface area (Å²) in [5.74, 6) is 0.615. The Morgan fingerprint density at radius 2 is 1.63 bits per heavy atom. The van der Waals surface area contributed by atoms with Gasteiger partial charge in [0.2, 0.25) is 0 Å². The molecule has 4 heterocycles. The summed E-state index contributed by atoms with van der Waals surface area (Å²) in [4.78, 5) is 9.41. The lowest BCUT2D eigenvalue weighted by Crippen LogP contribution is -1.94. The van der Waals surface area contributed by atoms with Crippen molar-refractivity contribution in [3.05, 3.63) is 53.6 Å². The third kappa shape index (κ3) is 2.23. The van der Waals surface area contributed by atoms with Crippen LogP contribution >= 0.6 is 0 Å². The fourth-order valence-electron chi connectivity index (χ4n) is 3.43. The normalized spacial score (nSPS) is 11.7. The quantitative estimate of drug-likeness (QED) is 0.395. The molecule has 0 aliphatic heterocycles. The zero-order valence-electron chi connectivity index (χ0n) is 15.3. The summed E-state index contributed by atoms with van der Waals surface area (Å²) in [6.45, 7) is 5.91. The molecule has 0 fully saturated rings. The van der Waals surface area contributed by atoms with Gasteiger partial charge in [-0.25, -0.2) is 19.0 Å². The molecule has 8 nitrogen and oxygen atoms in total. The van der Waals surface area contributed by atoms with Crippen LogP contribution in [0.1, 0.15) is 17.1 Å². The van der Waals surface area contributed by atoms with Crippen molar-refractivity contribution in [1.29, 1.82) is 0 Å². The largest absolute Gasteiger partial charge is 0.382 e. The van der Waals surface area contributed by atoms with E-state index in [1.807, 2.05) is 49.7 Å². The number of hydrogen-bond donors (Lipinski definition) is 4. The fraction of sp³-hybridized carbons (Fsp3) is 0.158. The average Bonchev–Trinajstić information content (AvgIpc) is 3.35. The van der Waals surface area contributed by atoms with Gasteiger partial charge in [0.05, 0.1) is 29.0 Å². The number of rotatable bonds is 3. The minimum absolute atomic E-state index is 0.615. The van der Waals surface area contributed by atoms with E-state index in [0.717, 1.165) is 51.0 Å². The summed E-state index contributed by atoms with van der Waals surface area (Å²) in [6, 6.07) is 10.1. The van der Waals surface area contributed by atoms with Crippen molar-refractivity contribution in [2.24, 2.45) is 0 Å². The van der Waals surface area contributed by atoms with Gasteiger partial charge >= 0.3 is 0 Å². The Morgan fingerprint density at radius 3 is 2.41 bits per heavy atom. The minimum atomic E-state index is 0.615. The van der Waals surface area contributed by atoms with Gasteiger partial charge in [-0.3, -0.25) is 10.2 Å². The van der Waals surface area contributed by atoms with Gasteiger partial charge in [0, 0.05) is 5.56 Å². The van der Waals surface area contributed by atoms with E-state index in [2.05, 4.69) is 32.6 Å². The zero-order chi connectivity index (χ0) is 18.7. The first-order chi connectivity index (χ1) is 13.0. The van der Waals surface area contributed by atoms with E-state index in [-0.39, 0.29) is 0 Å². The lowest BCUT2D eigenvalue weighted by Gasteiger charge is -2.04. The second-order valence-corrected chi connectivity index (χ2v) is 6.78. The van der Waals surface area contributed by atoms with E-state index in [1.54, 1.807) is 4.52 Å². The van der Waals surface area contributed by atoms with Gasteiger partial charge in [0.1, 0.15) is 17.2 Å². The zero-order valence-corrected chi connectivity index (χ0v) is 15.3. The number of H-pyrrole nitrogens is 2. The molecule has 0 saturated heterocycles. The number of benzene rings is 1. The molecule has 27 heavy (non-hydrogen) atoms.